The van der Waals surface area contributed by atoms with E-state index >= 15 is 0 Å². The van der Waals surface area contributed by atoms with Crippen molar-refractivity contribution >= 4 is 35.1 Å². The summed E-state index contributed by atoms with van der Waals surface area (Å²) in [4.78, 5) is 33.0. The van der Waals surface area contributed by atoms with Crippen LogP contribution in [0.5, 0.6) is 0 Å². The number of nitrogens with zero attached hydrogens (tertiary/aromatic N) is 2. The van der Waals surface area contributed by atoms with Gasteiger partial charge in [-0.1, -0.05) is 35.6 Å². The van der Waals surface area contributed by atoms with E-state index in [2.05, 4.69) is 32.4 Å². The summed E-state index contributed by atoms with van der Waals surface area (Å²) in [6.07, 6.45) is 3.39. The van der Waals surface area contributed by atoms with Gasteiger partial charge in [0, 0.05) is 30.1 Å². The molecule has 1 aromatic heterocycles. The normalized spacial score (nSPS) is 11.0. The zero-order valence-corrected chi connectivity index (χ0v) is 18.3. The number of ether oxygens (including phenoxy) is 1. The summed E-state index contributed by atoms with van der Waals surface area (Å²) in [5, 5.41) is 6.06. The molecule has 0 fully saturated rings. The average Bonchev–Trinajstić information content (AvgIpc) is 2.79. The molecule has 0 bridgehead atoms. The lowest BCUT2D eigenvalue weighted by Gasteiger charge is -2.15. The van der Waals surface area contributed by atoms with Crippen LogP contribution in [0.3, 0.4) is 0 Å². The number of aryl methyl sites for hydroxylation is 1. The Balaban J connectivity index is 1.66. The smallest absolute Gasteiger partial charge is 0.329 e. The number of esters is 1. The van der Waals surface area contributed by atoms with Crippen molar-refractivity contribution in [1.29, 1.82) is 0 Å². The Morgan fingerprint density at radius 1 is 1.09 bits per heavy atom. The predicted octanol–water partition coefficient (Wildman–Crippen LogP) is 3.90. The molecule has 0 saturated heterocycles. The quantitative estimate of drug-likeness (QED) is 0.439. The highest BCUT2D eigenvalue weighted by Gasteiger charge is 2.23. The molecule has 0 saturated carbocycles. The Labute approximate surface area is 191 Å². The zero-order valence-electron chi connectivity index (χ0n) is 17.6. The first kappa shape index (κ1) is 22.8. The highest BCUT2D eigenvalue weighted by Crippen LogP contribution is 2.19. The number of nitrogens with one attached hydrogen (secondary N) is 2. The molecular weight excluding hydrogens is 428 g/mol. The number of carbonyl (C=O) groups excluding carboxylic acids is 2. The number of aromatic nitrogens is 2. The Morgan fingerprint density at radius 3 is 2.47 bits per heavy atom. The number of benzene rings is 2. The number of halogens is 1. The molecule has 0 aliphatic rings. The molecule has 32 heavy (non-hydrogen) atoms. The molecule has 1 unspecified atom stereocenters. The molecule has 3 aromatic rings. The Bertz CT molecular complexity index is 1140. The molecule has 3 rings (SSSR count). The summed E-state index contributed by atoms with van der Waals surface area (Å²) in [6, 6.07) is 13.3. The van der Waals surface area contributed by atoms with E-state index < -0.39 is 17.9 Å². The molecule has 7 nitrogen and oxygen atoms in total. The van der Waals surface area contributed by atoms with Crippen molar-refractivity contribution in [1.82, 2.24) is 15.3 Å². The highest BCUT2D eigenvalue weighted by molar-refractivity contribution is 6.34. The van der Waals surface area contributed by atoms with Gasteiger partial charge in [0.25, 0.3) is 5.91 Å². The number of anilines is 2. The minimum atomic E-state index is -0.924. The number of amides is 1. The molecule has 0 radical (unpaired) electrons. The van der Waals surface area contributed by atoms with Crippen LogP contribution < -0.4 is 10.6 Å². The van der Waals surface area contributed by atoms with E-state index in [1.165, 1.54) is 7.11 Å². The maximum atomic E-state index is 12.7. The molecule has 1 atom stereocenters. The lowest BCUT2D eigenvalue weighted by atomic mass is 10.1. The first-order valence-corrected chi connectivity index (χ1v) is 10.1. The molecule has 162 valence electrons. The number of hydrogen-bond donors (Lipinski definition) is 2. The largest absolute Gasteiger partial charge is 0.467 e. The van der Waals surface area contributed by atoms with Crippen molar-refractivity contribution in [2.75, 3.05) is 12.4 Å². The van der Waals surface area contributed by atoms with Crippen molar-refractivity contribution in [2.45, 2.75) is 19.4 Å². The first-order chi connectivity index (χ1) is 15.5. The molecule has 0 aliphatic carbocycles. The van der Waals surface area contributed by atoms with Gasteiger partial charge in [0.1, 0.15) is 6.04 Å². The summed E-state index contributed by atoms with van der Waals surface area (Å²) in [7, 11) is 1.26. The van der Waals surface area contributed by atoms with Crippen molar-refractivity contribution in [3.8, 4) is 11.8 Å². The van der Waals surface area contributed by atoms with E-state index in [0.29, 0.717) is 22.1 Å². The highest BCUT2D eigenvalue weighted by atomic mass is 35.5. The van der Waals surface area contributed by atoms with Gasteiger partial charge in [-0.05, 0) is 48.9 Å². The van der Waals surface area contributed by atoms with Gasteiger partial charge < -0.3 is 15.4 Å². The molecule has 0 spiro atoms. The lowest BCUT2D eigenvalue weighted by Crippen LogP contribution is -2.41. The fourth-order valence-corrected chi connectivity index (χ4v) is 3.18. The maximum absolute atomic E-state index is 12.7. The van der Waals surface area contributed by atoms with Gasteiger partial charge in [-0.25, -0.2) is 14.8 Å². The van der Waals surface area contributed by atoms with Gasteiger partial charge in [0.2, 0.25) is 5.95 Å². The van der Waals surface area contributed by atoms with Crippen molar-refractivity contribution < 1.29 is 14.3 Å². The zero-order chi connectivity index (χ0) is 22.9. The summed E-state index contributed by atoms with van der Waals surface area (Å²) in [6.45, 7) is 1.77. The van der Waals surface area contributed by atoms with Crippen LogP contribution in [0.15, 0.2) is 60.9 Å². The van der Waals surface area contributed by atoms with Crippen LogP contribution >= 0.6 is 11.6 Å². The van der Waals surface area contributed by atoms with Crippen LogP contribution in [-0.4, -0.2) is 35.0 Å². The second-order valence-electron chi connectivity index (χ2n) is 6.76. The van der Waals surface area contributed by atoms with Crippen LogP contribution in [0, 0.1) is 18.8 Å². The van der Waals surface area contributed by atoms with Gasteiger partial charge in [-0.2, -0.15) is 0 Å². The maximum Gasteiger partial charge on any atom is 0.329 e. The van der Waals surface area contributed by atoms with E-state index in [-0.39, 0.29) is 6.42 Å². The lowest BCUT2D eigenvalue weighted by molar-refractivity contribution is -0.142. The number of hydrogen-bond acceptors (Lipinski definition) is 6. The van der Waals surface area contributed by atoms with E-state index in [4.69, 9.17) is 16.3 Å². The van der Waals surface area contributed by atoms with E-state index in [0.717, 1.165) is 11.3 Å². The van der Waals surface area contributed by atoms with Gasteiger partial charge in [-0.15, -0.1) is 0 Å². The molecule has 1 amide bonds. The van der Waals surface area contributed by atoms with Gasteiger partial charge in [0.15, 0.2) is 0 Å². The topological polar surface area (TPSA) is 93.2 Å². The Morgan fingerprint density at radius 2 is 1.81 bits per heavy atom. The summed E-state index contributed by atoms with van der Waals surface area (Å²) in [5.41, 5.74) is 2.60. The van der Waals surface area contributed by atoms with Crippen molar-refractivity contribution in [2.24, 2.45) is 0 Å². The third-order valence-electron chi connectivity index (χ3n) is 4.49. The predicted molar refractivity (Wildman–Crippen MR) is 123 cm³/mol. The molecule has 2 aromatic carbocycles. The summed E-state index contributed by atoms with van der Waals surface area (Å²) < 4.78 is 4.81. The number of rotatable bonds is 6. The van der Waals surface area contributed by atoms with Crippen LogP contribution in [0.2, 0.25) is 5.02 Å². The van der Waals surface area contributed by atoms with Gasteiger partial charge in [-0.3, -0.25) is 4.79 Å². The third kappa shape index (κ3) is 6.06. The number of carbonyl (C=O) groups is 2. The van der Waals surface area contributed by atoms with Crippen LogP contribution in [0.4, 0.5) is 11.6 Å². The molecule has 1 heterocycles. The first-order valence-electron chi connectivity index (χ1n) is 9.74. The fraction of sp³-hybridized carbons (Fsp3) is 0.167. The second kappa shape index (κ2) is 10.9. The third-order valence-corrected chi connectivity index (χ3v) is 4.80. The molecule has 2 N–H and O–H groups in total. The Kier molecular flexibility index (Phi) is 7.79. The van der Waals surface area contributed by atoms with E-state index in [9.17, 15) is 9.59 Å². The van der Waals surface area contributed by atoms with Crippen LogP contribution in [0.1, 0.15) is 27.9 Å². The average molecular weight is 449 g/mol. The van der Waals surface area contributed by atoms with E-state index in [1.54, 1.807) is 43.6 Å². The molecular formula is C24H21ClN4O3. The van der Waals surface area contributed by atoms with Crippen molar-refractivity contribution in [3.05, 3.63) is 82.6 Å². The summed E-state index contributed by atoms with van der Waals surface area (Å²) >= 11 is 6.15. The standard InChI is InChI=1S/C24H21ClN4O3/c1-16-6-3-8-19(25)21(16)22(30)29-20(23(31)32-2)9-4-7-17-10-12-18(13-11-17)28-24-26-14-5-15-27-24/h3,5-6,8,10-15,20H,9H2,1-2H3,(H,29,30)(H,26,27,28). The van der Waals surface area contributed by atoms with Crippen molar-refractivity contribution in [3.63, 3.8) is 0 Å². The fourth-order valence-electron chi connectivity index (χ4n) is 2.87. The molecule has 0 aliphatic heterocycles. The Hall–Kier alpha value is -3.89. The second-order valence-corrected chi connectivity index (χ2v) is 7.17. The van der Waals surface area contributed by atoms with Gasteiger partial charge in [0.05, 0.1) is 17.7 Å². The SMILES string of the molecule is COC(=O)C(CC#Cc1ccc(Nc2ncccn2)cc1)NC(=O)c1c(C)cccc1Cl. The van der Waals surface area contributed by atoms with Gasteiger partial charge >= 0.3 is 5.97 Å². The monoisotopic (exact) mass is 448 g/mol. The number of methoxy groups -OCH3 is 1. The van der Waals surface area contributed by atoms with Crippen LogP contribution in [0.25, 0.3) is 0 Å². The molecule has 8 heteroatoms. The van der Waals surface area contributed by atoms with E-state index in [1.807, 2.05) is 24.3 Å². The summed E-state index contributed by atoms with van der Waals surface area (Å²) in [5.74, 6) is 5.37. The minimum absolute atomic E-state index is 0.0831. The minimum Gasteiger partial charge on any atom is -0.467 e. The van der Waals surface area contributed by atoms with Crippen LogP contribution in [-0.2, 0) is 9.53 Å².